The van der Waals surface area contributed by atoms with Crippen LogP contribution in [-0.2, 0) is 4.79 Å². The molecule has 3 N–H and O–H groups in total. The van der Waals surface area contributed by atoms with Crippen LogP contribution < -0.4 is 11.1 Å². The van der Waals surface area contributed by atoms with Gasteiger partial charge in [-0.3, -0.25) is 4.79 Å². The lowest BCUT2D eigenvalue weighted by atomic mass is 9.99. The molecule has 18 heavy (non-hydrogen) atoms. The Balaban J connectivity index is 2.88. The van der Waals surface area contributed by atoms with Crippen molar-refractivity contribution in [3.63, 3.8) is 0 Å². The second-order valence-electron chi connectivity index (χ2n) is 4.20. The number of benzene rings is 1. The standard InChI is InChI=1S/C13H16BrN3O/c1-3-8(2)12(16)13(18)17-11-6-10(14)5-4-9(11)7-15/h4-6,8,12H,3,16H2,1-2H3,(H,17,18). The maximum Gasteiger partial charge on any atom is 0.241 e. The Morgan fingerprint density at radius 3 is 2.83 bits per heavy atom. The second kappa shape index (κ2) is 6.53. The highest BCUT2D eigenvalue weighted by molar-refractivity contribution is 9.10. The molecule has 0 radical (unpaired) electrons. The van der Waals surface area contributed by atoms with Crippen LogP contribution in [0, 0.1) is 17.2 Å². The van der Waals surface area contributed by atoms with Crippen LogP contribution >= 0.6 is 15.9 Å². The molecule has 0 saturated heterocycles. The minimum absolute atomic E-state index is 0.0997. The van der Waals surface area contributed by atoms with Gasteiger partial charge in [-0.25, -0.2) is 0 Å². The first-order chi connectivity index (χ1) is 8.49. The Morgan fingerprint density at radius 2 is 2.28 bits per heavy atom. The van der Waals surface area contributed by atoms with Crippen molar-refractivity contribution in [2.75, 3.05) is 5.32 Å². The van der Waals surface area contributed by atoms with Crippen molar-refractivity contribution in [1.29, 1.82) is 5.26 Å². The third kappa shape index (κ3) is 3.56. The number of rotatable bonds is 4. The quantitative estimate of drug-likeness (QED) is 0.897. The molecule has 0 fully saturated rings. The summed E-state index contributed by atoms with van der Waals surface area (Å²) in [6, 6.07) is 6.56. The van der Waals surface area contributed by atoms with Crippen molar-refractivity contribution in [1.82, 2.24) is 0 Å². The molecule has 0 aromatic heterocycles. The lowest BCUT2D eigenvalue weighted by Crippen LogP contribution is -2.40. The van der Waals surface area contributed by atoms with Gasteiger partial charge in [-0.2, -0.15) is 5.26 Å². The molecule has 0 aliphatic carbocycles. The number of carbonyl (C=O) groups excluding carboxylic acids is 1. The highest BCUT2D eigenvalue weighted by Crippen LogP contribution is 2.21. The zero-order valence-corrected chi connectivity index (χ0v) is 12.0. The largest absolute Gasteiger partial charge is 0.323 e. The van der Waals surface area contributed by atoms with Crippen LogP contribution in [0.5, 0.6) is 0 Å². The van der Waals surface area contributed by atoms with Gasteiger partial charge in [0.15, 0.2) is 0 Å². The average molecular weight is 310 g/mol. The molecule has 0 heterocycles. The van der Waals surface area contributed by atoms with Gasteiger partial charge in [0.25, 0.3) is 0 Å². The van der Waals surface area contributed by atoms with Crippen LogP contribution in [0.15, 0.2) is 22.7 Å². The molecule has 1 aromatic carbocycles. The number of nitrogens with one attached hydrogen (secondary N) is 1. The predicted molar refractivity (Wildman–Crippen MR) is 74.9 cm³/mol. The van der Waals surface area contributed by atoms with Gasteiger partial charge in [0.05, 0.1) is 17.3 Å². The third-order valence-corrected chi connectivity index (χ3v) is 3.41. The molecule has 0 aliphatic heterocycles. The first-order valence-corrected chi connectivity index (χ1v) is 6.55. The number of carbonyl (C=O) groups is 1. The molecule has 1 amide bonds. The minimum Gasteiger partial charge on any atom is -0.323 e. The molecule has 2 unspecified atom stereocenters. The average Bonchev–Trinajstić information content (AvgIpc) is 2.37. The highest BCUT2D eigenvalue weighted by Gasteiger charge is 2.20. The smallest absolute Gasteiger partial charge is 0.241 e. The van der Waals surface area contributed by atoms with Crippen molar-refractivity contribution in [3.8, 4) is 6.07 Å². The molecule has 2 atom stereocenters. The molecule has 0 bridgehead atoms. The molecule has 1 aromatic rings. The van der Waals surface area contributed by atoms with E-state index in [0.717, 1.165) is 10.9 Å². The van der Waals surface area contributed by atoms with Crippen molar-refractivity contribution < 1.29 is 4.79 Å². The number of nitrogens with zero attached hydrogens (tertiary/aromatic N) is 1. The van der Waals surface area contributed by atoms with E-state index in [1.54, 1.807) is 18.2 Å². The monoisotopic (exact) mass is 309 g/mol. The molecule has 96 valence electrons. The van der Waals surface area contributed by atoms with E-state index in [4.69, 9.17) is 11.0 Å². The van der Waals surface area contributed by atoms with Crippen LogP contribution in [-0.4, -0.2) is 11.9 Å². The van der Waals surface area contributed by atoms with Gasteiger partial charge in [-0.05, 0) is 24.1 Å². The number of halogens is 1. The second-order valence-corrected chi connectivity index (χ2v) is 5.12. The minimum atomic E-state index is -0.569. The number of hydrogen-bond acceptors (Lipinski definition) is 3. The summed E-state index contributed by atoms with van der Waals surface area (Å²) in [5.74, 6) is -0.165. The van der Waals surface area contributed by atoms with Gasteiger partial charge in [0.2, 0.25) is 5.91 Å². The SMILES string of the molecule is CCC(C)C(N)C(=O)Nc1cc(Br)ccc1C#N. The highest BCUT2D eigenvalue weighted by atomic mass is 79.9. The van der Waals surface area contributed by atoms with Crippen molar-refractivity contribution in [3.05, 3.63) is 28.2 Å². The van der Waals surface area contributed by atoms with Crippen LogP contribution in [0.25, 0.3) is 0 Å². The maximum absolute atomic E-state index is 11.9. The fourth-order valence-corrected chi connectivity index (χ4v) is 1.81. The molecule has 1 rings (SSSR count). The van der Waals surface area contributed by atoms with Gasteiger partial charge in [-0.15, -0.1) is 0 Å². The zero-order chi connectivity index (χ0) is 13.7. The fraction of sp³-hybridized carbons (Fsp3) is 0.385. The molecular weight excluding hydrogens is 294 g/mol. The van der Waals surface area contributed by atoms with E-state index in [9.17, 15) is 4.79 Å². The van der Waals surface area contributed by atoms with E-state index < -0.39 is 6.04 Å². The summed E-state index contributed by atoms with van der Waals surface area (Å²) >= 11 is 3.30. The molecule has 5 heteroatoms. The van der Waals surface area contributed by atoms with Crippen molar-refractivity contribution in [2.45, 2.75) is 26.3 Å². The van der Waals surface area contributed by atoms with Crippen LogP contribution in [0.1, 0.15) is 25.8 Å². The molecule has 0 aliphatic rings. The molecule has 0 saturated carbocycles. The summed E-state index contributed by atoms with van der Waals surface area (Å²) in [4.78, 5) is 11.9. The van der Waals surface area contributed by atoms with E-state index in [1.807, 2.05) is 19.9 Å². The van der Waals surface area contributed by atoms with E-state index in [0.29, 0.717) is 11.3 Å². The summed E-state index contributed by atoms with van der Waals surface area (Å²) < 4.78 is 0.800. The van der Waals surface area contributed by atoms with E-state index in [1.165, 1.54) is 0 Å². The summed E-state index contributed by atoms with van der Waals surface area (Å²) in [5.41, 5.74) is 6.74. The zero-order valence-electron chi connectivity index (χ0n) is 10.4. The van der Waals surface area contributed by atoms with E-state index in [-0.39, 0.29) is 11.8 Å². The number of amides is 1. The first kappa shape index (κ1) is 14.7. The van der Waals surface area contributed by atoms with Gasteiger partial charge in [-0.1, -0.05) is 36.2 Å². The van der Waals surface area contributed by atoms with Gasteiger partial charge < -0.3 is 11.1 Å². The molecule has 0 spiro atoms. The Morgan fingerprint density at radius 1 is 1.61 bits per heavy atom. The number of nitriles is 1. The van der Waals surface area contributed by atoms with Crippen LogP contribution in [0.3, 0.4) is 0 Å². The Hall–Kier alpha value is -1.38. The Labute approximate surface area is 115 Å². The van der Waals surface area contributed by atoms with Crippen LogP contribution in [0.4, 0.5) is 5.69 Å². The van der Waals surface area contributed by atoms with Crippen LogP contribution in [0.2, 0.25) is 0 Å². The summed E-state index contributed by atoms with van der Waals surface area (Å²) in [6.45, 7) is 3.91. The molecule has 4 nitrogen and oxygen atoms in total. The Bertz CT molecular complexity index is 482. The lowest BCUT2D eigenvalue weighted by molar-refractivity contribution is -0.118. The first-order valence-electron chi connectivity index (χ1n) is 5.75. The third-order valence-electron chi connectivity index (χ3n) is 2.92. The van der Waals surface area contributed by atoms with Gasteiger partial charge in [0.1, 0.15) is 6.07 Å². The van der Waals surface area contributed by atoms with Crippen molar-refractivity contribution >= 4 is 27.5 Å². The number of anilines is 1. The topological polar surface area (TPSA) is 78.9 Å². The fourth-order valence-electron chi connectivity index (χ4n) is 1.45. The van der Waals surface area contributed by atoms with Gasteiger partial charge in [0, 0.05) is 4.47 Å². The normalized spacial score (nSPS) is 13.5. The lowest BCUT2D eigenvalue weighted by Gasteiger charge is -2.18. The van der Waals surface area contributed by atoms with Gasteiger partial charge >= 0.3 is 0 Å². The summed E-state index contributed by atoms with van der Waals surface area (Å²) in [7, 11) is 0. The number of hydrogen-bond donors (Lipinski definition) is 2. The number of nitrogens with two attached hydrogens (primary N) is 1. The molecular formula is C13H16BrN3O. The van der Waals surface area contributed by atoms with E-state index in [2.05, 4.69) is 21.2 Å². The summed E-state index contributed by atoms with van der Waals surface area (Å²) in [5, 5.41) is 11.7. The summed E-state index contributed by atoms with van der Waals surface area (Å²) in [6.07, 6.45) is 0.832. The Kier molecular flexibility index (Phi) is 5.32. The predicted octanol–water partition coefficient (Wildman–Crippen LogP) is 2.63. The van der Waals surface area contributed by atoms with Crippen molar-refractivity contribution in [2.24, 2.45) is 11.7 Å². The van der Waals surface area contributed by atoms with E-state index >= 15 is 0 Å². The maximum atomic E-state index is 11.9.